The van der Waals surface area contributed by atoms with Gasteiger partial charge in [-0.3, -0.25) is 4.79 Å². The summed E-state index contributed by atoms with van der Waals surface area (Å²) in [5.74, 6) is 0. The number of nitrogens with one attached hydrogen (secondary N) is 1. The molecule has 3 nitrogen and oxygen atoms in total. The summed E-state index contributed by atoms with van der Waals surface area (Å²) in [5, 5.41) is 5.40. The first-order valence-electron chi connectivity index (χ1n) is 3.56. The lowest BCUT2D eigenvalue weighted by Gasteiger charge is -1.86. The van der Waals surface area contributed by atoms with Crippen molar-refractivity contribution in [1.82, 2.24) is 0 Å². The predicted molar refractivity (Wildman–Crippen MR) is 50.0 cm³/mol. The molecule has 0 amide bonds. The van der Waals surface area contributed by atoms with Crippen LogP contribution in [0.3, 0.4) is 0 Å². The van der Waals surface area contributed by atoms with Gasteiger partial charge in [-0.15, -0.1) is 0 Å². The summed E-state index contributed by atoms with van der Waals surface area (Å²) in [6.45, 7) is 0. The molecule has 0 atom stereocenters. The van der Waals surface area contributed by atoms with Crippen LogP contribution in [0, 0.1) is 5.41 Å². The fourth-order valence-electron chi connectivity index (χ4n) is 0.715. The van der Waals surface area contributed by atoms with Gasteiger partial charge < -0.3 is 0 Å². The highest BCUT2D eigenvalue weighted by Gasteiger charge is 1.79. The number of hydrogen-bond donors (Lipinski definition) is 1. The highest BCUT2D eigenvalue weighted by atomic mass is 16.1. The van der Waals surface area contributed by atoms with Gasteiger partial charge in [0, 0.05) is 0 Å². The van der Waals surface area contributed by atoms with E-state index in [1.807, 2.05) is 30.3 Å². The second kappa shape index (κ2) is 8.11. The molecule has 66 valence electrons. The number of rotatable bonds is 2. The van der Waals surface area contributed by atoms with Crippen LogP contribution in [0.25, 0.3) is 6.08 Å². The van der Waals surface area contributed by atoms with Gasteiger partial charge in [0.1, 0.15) is 6.29 Å². The molecule has 1 aromatic carbocycles. The Hall–Kier alpha value is -1.99. The molecular weight excluding hydrogens is 166 g/mol. The van der Waals surface area contributed by atoms with Crippen molar-refractivity contribution < 1.29 is 9.59 Å². The summed E-state index contributed by atoms with van der Waals surface area (Å²) in [6, 6.07) is 9.70. The Kier molecular flexibility index (Phi) is 6.87. The van der Waals surface area contributed by atoms with Crippen molar-refractivity contribution in [2.75, 3.05) is 0 Å². The number of allylic oxidation sites excluding steroid dienone is 1. The molecule has 0 unspecified atom stereocenters. The standard InChI is InChI=1S/C9H8O.CHNO/c10-8-4-7-9-5-2-1-3-6-9;2-1-3/h1-8H;2H/b7-4+;. The Labute approximate surface area is 76.2 Å². The molecule has 0 saturated carbocycles. The van der Waals surface area contributed by atoms with Crippen LogP contribution in [-0.4, -0.2) is 12.4 Å². The minimum atomic E-state index is 0.750. The SMILES string of the molecule is N=C=O.O=C/C=C/c1ccccc1. The van der Waals surface area contributed by atoms with Gasteiger partial charge >= 0.3 is 0 Å². The van der Waals surface area contributed by atoms with Crippen LogP contribution in [0.5, 0.6) is 0 Å². The van der Waals surface area contributed by atoms with E-state index >= 15 is 0 Å². The number of carbonyl (C=O) groups excluding carboxylic acids is 2. The van der Waals surface area contributed by atoms with Gasteiger partial charge in [-0.2, -0.15) is 0 Å². The van der Waals surface area contributed by atoms with Crippen molar-refractivity contribution in [2.45, 2.75) is 0 Å². The van der Waals surface area contributed by atoms with Gasteiger partial charge in [-0.1, -0.05) is 36.4 Å². The van der Waals surface area contributed by atoms with E-state index in [1.165, 1.54) is 6.08 Å². The minimum absolute atomic E-state index is 0.750. The van der Waals surface area contributed by atoms with Crippen molar-refractivity contribution in [3.8, 4) is 0 Å². The average Bonchev–Trinajstić information content (AvgIpc) is 2.18. The van der Waals surface area contributed by atoms with E-state index in [4.69, 9.17) is 10.2 Å². The first kappa shape index (κ1) is 11.0. The Balaban J connectivity index is 0.000000424. The van der Waals surface area contributed by atoms with Gasteiger partial charge in [0.2, 0.25) is 6.08 Å². The van der Waals surface area contributed by atoms with Gasteiger partial charge in [-0.05, 0) is 11.6 Å². The summed E-state index contributed by atoms with van der Waals surface area (Å²) in [6.07, 6.45) is 4.77. The van der Waals surface area contributed by atoms with Crippen LogP contribution in [0.2, 0.25) is 0 Å². The lowest BCUT2D eigenvalue weighted by atomic mass is 10.2. The average molecular weight is 175 g/mol. The Bertz CT molecular complexity index is 298. The van der Waals surface area contributed by atoms with Crippen molar-refractivity contribution in [2.24, 2.45) is 0 Å². The third-order valence-corrected chi connectivity index (χ3v) is 1.17. The molecule has 0 bridgehead atoms. The van der Waals surface area contributed by atoms with Gasteiger partial charge in [-0.25, -0.2) is 10.2 Å². The molecule has 0 heterocycles. The zero-order valence-electron chi connectivity index (χ0n) is 6.94. The van der Waals surface area contributed by atoms with E-state index in [-0.39, 0.29) is 0 Å². The highest BCUT2D eigenvalue weighted by Crippen LogP contribution is 1.99. The third-order valence-electron chi connectivity index (χ3n) is 1.17. The fourth-order valence-corrected chi connectivity index (χ4v) is 0.715. The molecule has 3 heteroatoms. The van der Waals surface area contributed by atoms with Crippen LogP contribution in [-0.2, 0) is 9.59 Å². The summed E-state index contributed by atoms with van der Waals surface area (Å²) in [7, 11) is 0. The monoisotopic (exact) mass is 175 g/mol. The molecule has 1 rings (SSSR count). The fraction of sp³-hybridized carbons (Fsp3) is 0. The number of benzene rings is 1. The quantitative estimate of drug-likeness (QED) is 0.322. The van der Waals surface area contributed by atoms with E-state index in [9.17, 15) is 4.79 Å². The molecule has 0 fully saturated rings. The zero-order valence-corrected chi connectivity index (χ0v) is 6.94. The predicted octanol–water partition coefficient (Wildman–Crippen LogP) is 1.80. The largest absolute Gasteiger partial charge is 0.299 e. The van der Waals surface area contributed by atoms with Crippen LogP contribution in [0.15, 0.2) is 36.4 Å². The van der Waals surface area contributed by atoms with E-state index in [0.717, 1.165) is 17.9 Å². The van der Waals surface area contributed by atoms with Crippen LogP contribution < -0.4 is 0 Å². The van der Waals surface area contributed by atoms with Crippen molar-refractivity contribution >= 4 is 18.4 Å². The maximum atomic E-state index is 9.89. The van der Waals surface area contributed by atoms with Crippen molar-refractivity contribution in [3.63, 3.8) is 0 Å². The topological polar surface area (TPSA) is 58.0 Å². The van der Waals surface area contributed by atoms with Gasteiger partial charge in [0.15, 0.2) is 0 Å². The third kappa shape index (κ3) is 6.41. The molecule has 13 heavy (non-hydrogen) atoms. The molecule has 0 aromatic heterocycles. The molecule has 0 radical (unpaired) electrons. The molecule has 1 N–H and O–H groups in total. The first-order chi connectivity index (χ1) is 6.35. The lowest BCUT2D eigenvalue weighted by Crippen LogP contribution is -1.67. The Morgan fingerprint density at radius 2 is 1.77 bits per heavy atom. The van der Waals surface area contributed by atoms with Crippen molar-refractivity contribution in [1.29, 1.82) is 5.41 Å². The van der Waals surface area contributed by atoms with Crippen molar-refractivity contribution in [3.05, 3.63) is 42.0 Å². The van der Waals surface area contributed by atoms with Crippen LogP contribution in [0.4, 0.5) is 0 Å². The van der Waals surface area contributed by atoms with E-state index in [2.05, 4.69) is 0 Å². The second-order valence-electron chi connectivity index (χ2n) is 2.01. The number of aldehydes is 1. The van der Waals surface area contributed by atoms with Gasteiger partial charge in [0.05, 0.1) is 0 Å². The van der Waals surface area contributed by atoms with Gasteiger partial charge in [0.25, 0.3) is 0 Å². The van der Waals surface area contributed by atoms with E-state index in [1.54, 1.807) is 6.08 Å². The van der Waals surface area contributed by atoms with E-state index in [0.29, 0.717) is 0 Å². The van der Waals surface area contributed by atoms with Crippen LogP contribution in [0.1, 0.15) is 5.56 Å². The Morgan fingerprint density at radius 1 is 1.23 bits per heavy atom. The summed E-state index contributed by atoms with van der Waals surface area (Å²) in [4.78, 5) is 18.2. The normalized spacial score (nSPS) is 8.31. The highest BCUT2D eigenvalue weighted by molar-refractivity contribution is 5.73. The molecule has 0 aliphatic rings. The maximum absolute atomic E-state index is 9.89. The molecular formula is C10H9NO2. The molecule has 0 spiro atoms. The molecule has 0 saturated heterocycles. The minimum Gasteiger partial charge on any atom is -0.299 e. The Morgan fingerprint density at radius 3 is 2.23 bits per heavy atom. The number of isocyanates is 1. The summed E-state index contributed by atoms with van der Waals surface area (Å²) >= 11 is 0. The molecule has 1 aromatic rings. The zero-order chi connectivity index (χ0) is 9.94. The number of hydrogen-bond acceptors (Lipinski definition) is 3. The second-order valence-corrected chi connectivity index (χ2v) is 2.01. The smallest absolute Gasteiger partial charge is 0.231 e. The summed E-state index contributed by atoms with van der Waals surface area (Å²) < 4.78 is 0. The summed E-state index contributed by atoms with van der Waals surface area (Å²) in [5.41, 5.74) is 1.05. The number of carbonyl (C=O) groups is 1. The van der Waals surface area contributed by atoms with Crippen LogP contribution >= 0.6 is 0 Å². The lowest BCUT2D eigenvalue weighted by molar-refractivity contribution is -0.104. The molecule has 0 aliphatic heterocycles. The van der Waals surface area contributed by atoms with E-state index < -0.39 is 0 Å². The molecule has 0 aliphatic carbocycles. The first-order valence-corrected chi connectivity index (χ1v) is 3.56. The maximum Gasteiger partial charge on any atom is 0.231 e.